The van der Waals surface area contributed by atoms with Gasteiger partial charge in [0.1, 0.15) is 4.33 Å². The van der Waals surface area contributed by atoms with Crippen LogP contribution in [0, 0.1) is 5.41 Å². The van der Waals surface area contributed by atoms with E-state index in [0.29, 0.717) is 6.42 Å². The number of hydrogen-bond acceptors (Lipinski definition) is 1. The van der Waals surface area contributed by atoms with E-state index in [1.54, 1.807) is 11.9 Å². The maximum absolute atomic E-state index is 12.4. The number of carbonyl (C=O) groups excluding carboxylic acids is 1. The molecular formula is C14H17Cl2NO. The molecule has 0 N–H and O–H groups in total. The zero-order chi connectivity index (χ0) is 13.6. The molecule has 2 rings (SSSR count). The standard InChI is InChI=1S/C14H17Cl2NO/c1-10(11-7-5-4-6-8-11)17(3)12(18)13(2)9-14(13,15)16/h4-8,10H,9H2,1-3H3. The maximum Gasteiger partial charge on any atom is 0.231 e. The molecule has 0 aliphatic heterocycles. The lowest BCUT2D eigenvalue weighted by atomic mass is 10.0. The van der Waals surface area contributed by atoms with E-state index in [4.69, 9.17) is 23.2 Å². The summed E-state index contributed by atoms with van der Waals surface area (Å²) >= 11 is 12.1. The van der Waals surface area contributed by atoms with Crippen LogP contribution in [0.4, 0.5) is 0 Å². The Morgan fingerprint density at radius 3 is 2.28 bits per heavy atom. The van der Waals surface area contributed by atoms with E-state index in [1.165, 1.54) is 0 Å². The molecule has 1 fully saturated rings. The van der Waals surface area contributed by atoms with Gasteiger partial charge < -0.3 is 4.90 Å². The SMILES string of the molecule is CC(c1ccccc1)N(C)C(=O)C1(C)CC1(Cl)Cl. The highest BCUT2D eigenvalue weighted by Crippen LogP contribution is 2.64. The van der Waals surface area contributed by atoms with Crippen LogP contribution in [-0.2, 0) is 4.79 Å². The molecule has 1 aliphatic carbocycles. The second-order valence-corrected chi connectivity index (χ2v) is 6.70. The molecule has 2 atom stereocenters. The van der Waals surface area contributed by atoms with Crippen molar-refractivity contribution in [3.63, 3.8) is 0 Å². The van der Waals surface area contributed by atoms with Crippen molar-refractivity contribution in [2.24, 2.45) is 5.41 Å². The molecule has 1 aromatic rings. The number of carbonyl (C=O) groups is 1. The summed E-state index contributed by atoms with van der Waals surface area (Å²) in [7, 11) is 1.80. The normalized spacial score (nSPS) is 26.5. The third-order valence-corrected chi connectivity index (χ3v) is 5.01. The van der Waals surface area contributed by atoms with Crippen LogP contribution in [0.15, 0.2) is 30.3 Å². The van der Waals surface area contributed by atoms with Crippen molar-refractivity contribution in [2.75, 3.05) is 7.05 Å². The van der Waals surface area contributed by atoms with Crippen molar-refractivity contribution in [2.45, 2.75) is 30.6 Å². The molecule has 2 nitrogen and oxygen atoms in total. The lowest BCUT2D eigenvalue weighted by Crippen LogP contribution is -2.37. The van der Waals surface area contributed by atoms with Gasteiger partial charge >= 0.3 is 0 Å². The Morgan fingerprint density at radius 1 is 1.33 bits per heavy atom. The van der Waals surface area contributed by atoms with Gasteiger partial charge in [0.25, 0.3) is 0 Å². The Hall–Kier alpha value is -0.730. The summed E-state index contributed by atoms with van der Waals surface area (Å²) in [6.07, 6.45) is 0.522. The van der Waals surface area contributed by atoms with Gasteiger partial charge in [-0.1, -0.05) is 30.3 Å². The summed E-state index contributed by atoms with van der Waals surface area (Å²) in [5, 5.41) is 0. The van der Waals surface area contributed by atoms with E-state index in [-0.39, 0.29) is 11.9 Å². The first-order chi connectivity index (χ1) is 8.29. The number of benzene rings is 1. The van der Waals surface area contributed by atoms with Crippen LogP contribution < -0.4 is 0 Å². The number of alkyl halides is 2. The first-order valence-corrected chi connectivity index (χ1v) is 6.75. The lowest BCUT2D eigenvalue weighted by molar-refractivity contribution is -0.137. The van der Waals surface area contributed by atoms with E-state index >= 15 is 0 Å². The van der Waals surface area contributed by atoms with Gasteiger partial charge in [-0.05, 0) is 25.8 Å². The summed E-state index contributed by atoms with van der Waals surface area (Å²) in [6, 6.07) is 9.94. The van der Waals surface area contributed by atoms with Crippen molar-refractivity contribution in [3.8, 4) is 0 Å². The van der Waals surface area contributed by atoms with Crippen LogP contribution in [0.5, 0.6) is 0 Å². The number of rotatable bonds is 3. The lowest BCUT2D eigenvalue weighted by Gasteiger charge is -2.28. The fraction of sp³-hybridized carbons (Fsp3) is 0.500. The molecule has 2 unspecified atom stereocenters. The van der Waals surface area contributed by atoms with Gasteiger partial charge in [0.05, 0.1) is 11.5 Å². The highest BCUT2D eigenvalue weighted by Gasteiger charge is 2.68. The van der Waals surface area contributed by atoms with Crippen LogP contribution >= 0.6 is 23.2 Å². The Balaban J connectivity index is 2.13. The molecular weight excluding hydrogens is 269 g/mol. The minimum Gasteiger partial charge on any atom is -0.338 e. The Bertz CT molecular complexity index is 460. The van der Waals surface area contributed by atoms with Crippen LogP contribution in [0.25, 0.3) is 0 Å². The Labute approximate surface area is 118 Å². The first kappa shape index (κ1) is 13.7. The zero-order valence-electron chi connectivity index (χ0n) is 10.8. The molecule has 4 heteroatoms. The maximum atomic E-state index is 12.4. The summed E-state index contributed by atoms with van der Waals surface area (Å²) in [5.74, 6) is 0.00357. The van der Waals surface area contributed by atoms with Gasteiger partial charge in [-0.3, -0.25) is 4.79 Å². The minimum atomic E-state index is -0.908. The molecule has 1 saturated carbocycles. The van der Waals surface area contributed by atoms with Crippen molar-refractivity contribution in [1.29, 1.82) is 0 Å². The molecule has 1 aliphatic rings. The fourth-order valence-corrected chi connectivity index (χ4v) is 2.85. The molecule has 1 amide bonds. The van der Waals surface area contributed by atoms with Crippen molar-refractivity contribution in [3.05, 3.63) is 35.9 Å². The quantitative estimate of drug-likeness (QED) is 0.774. The minimum absolute atomic E-state index is 0.00357. The molecule has 0 aromatic heterocycles. The van der Waals surface area contributed by atoms with Crippen molar-refractivity contribution >= 4 is 29.1 Å². The van der Waals surface area contributed by atoms with Crippen LogP contribution in [0.2, 0.25) is 0 Å². The highest BCUT2D eigenvalue weighted by molar-refractivity contribution is 6.53. The van der Waals surface area contributed by atoms with E-state index in [2.05, 4.69) is 0 Å². The van der Waals surface area contributed by atoms with Crippen LogP contribution in [0.1, 0.15) is 31.9 Å². The Kier molecular flexibility index (Phi) is 3.37. The van der Waals surface area contributed by atoms with Gasteiger partial charge in [0, 0.05) is 7.05 Å². The second-order valence-electron chi connectivity index (χ2n) is 5.22. The summed E-state index contributed by atoms with van der Waals surface area (Å²) in [6.45, 7) is 3.83. The topological polar surface area (TPSA) is 20.3 Å². The first-order valence-electron chi connectivity index (χ1n) is 5.99. The molecule has 18 heavy (non-hydrogen) atoms. The number of nitrogens with zero attached hydrogens (tertiary/aromatic N) is 1. The molecule has 1 aromatic carbocycles. The van der Waals surface area contributed by atoms with Crippen LogP contribution in [-0.4, -0.2) is 22.2 Å². The number of amides is 1. The zero-order valence-corrected chi connectivity index (χ0v) is 12.3. The largest absolute Gasteiger partial charge is 0.338 e. The van der Waals surface area contributed by atoms with Crippen molar-refractivity contribution < 1.29 is 4.79 Å². The molecule has 0 spiro atoms. The third-order valence-electron chi connectivity index (χ3n) is 3.91. The summed E-state index contributed by atoms with van der Waals surface area (Å²) in [5.41, 5.74) is 0.459. The molecule has 0 saturated heterocycles. The smallest absolute Gasteiger partial charge is 0.231 e. The number of halogens is 2. The average Bonchev–Trinajstić information content (AvgIpc) is 2.88. The summed E-state index contributed by atoms with van der Waals surface area (Å²) < 4.78 is -0.908. The predicted molar refractivity (Wildman–Crippen MR) is 74.8 cm³/mol. The van der Waals surface area contributed by atoms with Crippen LogP contribution in [0.3, 0.4) is 0 Å². The van der Waals surface area contributed by atoms with Gasteiger partial charge in [0.2, 0.25) is 5.91 Å². The van der Waals surface area contributed by atoms with Gasteiger partial charge in [-0.2, -0.15) is 0 Å². The van der Waals surface area contributed by atoms with Gasteiger partial charge in [-0.25, -0.2) is 0 Å². The van der Waals surface area contributed by atoms with E-state index in [9.17, 15) is 4.79 Å². The molecule has 98 valence electrons. The van der Waals surface area contributed by atoms with Gasteiger partial charge in [0.15, 0.2) is 0 Å². The average molecular weight is 286 g/mol. The second kappa shape index (κ2) is 4.43. The third kappa shape index (κ3) is 2.12. The Morgan fingerprint density at radius 2 is 1.83 bits per heavy atom. The fourth-order valence-electron chi connectivity index (χ4n) is 2.15. The molecule has 0 bridgehead atoms. The highest BCUT2D eigenvalue weighted by atomic mass is 35.5. The van der Waals surface area contributed by atoms with E-state index in [0.717, 1.165) is 5.56 Å². The molecule has 0 heterocycles. The van der Waals surface area contributed by atoms with E-state index < -0.39 is 9.75 Å². The van der Waals surface area contributed by atoms with Gasteiger partial charge in [-0.15, -0.1) is 23.2 Å². The summed E-state index contributed by atoms with van der Waals surface area (Å²) in [4.78, 5) is 14.1. The van der Waals surface area contributed by atoms with E-state index in [1.807, 2.05) is 44.2 Å². The monoisotopic (exact) mass is 285 g/mol. The number of hydrogen-bond donors (Lipinski definition) is 0. The predicted octanol–water partition coefficient (Wildman–Crippen LogP) is 3.79. The molecule has 0 radical (unpaired) electrons. The van der Waals surface area contributed by atoms with Crippen molar-refractivity contribution in [1.82, 2.24) is 4.90 Å².